The monoisotopic (exact) mass is 322 g/mol. The molecular weight excluding hydrogens is 304 g/mol. The van der Waals surface area contributed by atoms with Crippen LogP contribution in [0.3, 0.4) is 0 Å². The fraction of sp³-hybridized carbons (Fsp3) is 0.333. The molecule has 6 heteroatoms. The summed E-state index contributed by atoms with van der Waals surface area (Å²) in [5, 5.41) is 0.787. The molecule has 0 spiro atoms. The third-order valence-electron chi connectivity index (χ3n) is 3.70. The molecule has 0 saturated carbocycles. The molecule has 0 saturated heterocycles. The lowest BCUT2D eigenvalue weighted by atomic mass is 10.2. The number of nitrogens with zero attached hydrogens (tertiary/aromatic N) is 1. The molecule has 1 aliphatic rings. The van der Waals surface area contributed by atoms with Gasteiger partial charge in [0.25, 0.3) is 0 Å². The Kier molecular flexibility index (Phi) is 3.88. The van der Waals surface area contributed by atoms with Gasteiger partial charge in [0.1, 0.15) is 4.90 Å². The summed E-state index contributed by atoms with van der Waals surface area (Å²) >= 11 is 1.47. The average Bonchev–Trinajstić information content (AvgIpc) is 2.86. The van der Waals surface area contributed by atoms with Crippen LogP contribution in [-0.2, 0) is 16.6 Å². The number of nitrogens with two attached hydrogens (primary N) is 1. The van der Waals surface area contributed by atoms with Crippen LogP contribution in [0.25, 0.3) is 10.1 Å². The second-order valence-corrected chi connectivity index (χ2v) is 8.24. The van der Waals surface area contributed by atoms with E-state index in [1.54, 1.807) is 4.31 Å². The molecular formula is C15H18N2O2S2. The maximum atomic E-state index is 13.0. The van der Waals surface area contributed by atoms with Crippen LogP contribution < -0.4 is 5.73 Å². The van der Waals surface area contributed by atoms with Crippen molar-refractivity contribution < 1.29 is 8.42 Å². The zero-order valence-electron chi connectivity index (χ0n) is 11.9. The topological polar surface area (TPSA) is 63.4 Å². The van der Waals surface area contributed by atoms with E-state index in [0.717, 1.165) is 27.0 Å². The van der Waals surface area contributed by atoms with E-state index in [1.807, 2.05) is 31.2 Å². The standard InChI is InChI=1S/C15H18N2O2S2/c1-11-5-4-8-17(10-11)21(18,19)15-12-6-2-3-7-13(12)20-14(15)9-16/h2-3,5-7H,4,8-10,16H2,1H3. The van der Waals surface area contributed by atoms with E-state index in [-0.39, 0.29) is 6.54 Å². The zero-order valence-corrected chi connectivity index (χ0v) is 13.5. The molecule has 0 bridgehead atoms. The van der Waals surface area contributed by atoms with Crippen LogP contribution in [0, 0.1) is 0 Å². The van der Waals surface area contributed by atoms with Gasteiger partial charge in [0.05, 0.1) is 0 Å². The first-order valence-corrected chi connectivity index (χ1v) is 9.16. The second-order valence-electron chi connectivity index (χ2n) is 5.23. The Morgan fingerprint density at radius 3 is 2.81 bits per heavy atom. The summed E-state index contributed by atoms with van der Waals surface area (Å²) < 4.78 is 28.6. The van der Waals surface area contributed by atoms with Crippen molar-refractivity contribution in [2.24, 2.45) is 5.73 Å². The maximum absolute atomic E-state index is 13.0. The summed E-state index contributed by atoms with van der Waals surface area (Å²) in [4.78, 5) is 1.14. The van der Waals surface area contributed by atoms with Gasteiger partial charge in [-0.05, 0) is 19.4 Å². The van der Waals surface area contributed by atoms with Crippen LogP contribution in [0.1, 0.15) is 18.2 Å². The predicted molar refractivity (Wildman–Crippen MR) is 86.8 cm³/mol. The third kappa shape index (κ3) is 2.53. The van der Waals surface area contributed by atoms with E-state index in [9.17, 15) is 8.42 Å². The second kappa shape index (κ2) is 5.53. The van der Waals surface area contributed by atoms with Crippen molar-refractivity contribution >= 4 is 31.4 Å². The molecule has 0 atom stereocenters. The van der Waals surface area contributed by atoms with E-state index in [2.05, 4.69) is 6.08 Å². The summed E-state index contributed by atoms with van der Waals surface area (Å²) in [6.45, 7) is 3.22. The highest BCUT2D eigenvalue weighted by atomic mass is 32.2. The normalized spacial score (nSPS) is 17.1. The van der Waals surface area contributed by atoms with Crippen LogP contribution in [0.2, 0.25) is 0 Å². The highest BCUT2D eigenvalue weighted by Crippen LogP contribution is 2.36. The molecule has 0 fully saturated rings. The van der Waals surface area contributed by atoms with Gasteiger partial charge in [0.2, 0.25) is 10.0 Å². The summed E-state index contributed by atoms with van der Waals surface area (Å²) in [5.41, 5.74) is 6.88. The number of benzene rings is 1. The zero-order chi connectivity index (χ0) is 15.0. The Balaban J connectivity index is 2.16. The van der Waals surface area contributed by atoms with Gasteiger partial charge in [-0.2, -0.15) is 4.31 Å². The Hall–Kier alpha value is -1.21. The molecule has 2 aromatic rings. The van der Waals surface area contributed by atoms with Crippen LogP contribution >= 0.6 is 11.3 Å². The molecule has 112 valence electrons. The van der Waals surface area contributed by atoms with E-state index < -0.39 is 10.0 Å². The summed E-state index contributed by atoms with van der Waals surface area (Å²) in [6.07, 6.45) is 2.87. The number of rotatable bonds is 3. The van der Waals surface area contributed by atoms with Gasteiger partial charge in [-0.15, -0.1) is 11.3 Å². The van der Waals surface area contributed by atoms with Gasteiger partial charge in [-0.1, -0.05) is 29.8 Å². The molecule has 3 rings (SSSR count). The van der Waals surface area contributed by atoms with Crippen molar-refractivity contribution in [2.45, 2.75) is 24.8 Å². The first-order chi connectivity index (χ1) is 10.0. The molecule has 21 heavy (non-hydrogen) atoms. The molecule has 0 unspecified atom stereocenters. The van der Waals surface area contributed by atoms with E-state index >= 15 is 0 Å². The minimum atomic E-state index is -3.50. The van der Waals surface area contributed by atoms with Crippen molar-refractivity contribution in [3.8, 4) is 0 Å². The van der Waals surface area contributed by atoms with Crippen molar-refractivity contribution in [2.75, 3.05) is 13.1 Å². The van der Waals surface area contributed by atoms with Crippen molar-refractivity contribution in [1.82, 2.24) is 4.31 Å². The lowest BCUT2D eigenvalue weighted by Gasteiger charge is -2.25. The third-order valence-corrected chi connectivity index (χ3v) is 6.99. The number of hydrogen-bond donors (Lipinski definition) is 1. The minimum Gasteiger partial charge on any atom is -0.326 e. The van der Waals surface area contributed by atoms with Gasteiger partial charge in [0.15, 0.2) is 0 Å². The molecule has 1 aliphatic heterocycles. The maximum Gasteiger partial charge on any atom is 0.245 e. The molecule has 0 aliphatic carbocycles. The highest BCUT2D eigenvalue weighted by molar-refractivity contribution is 7.89. The van der Waals surface area contributed by atoms with Crippen molar-refractivity contribution in [3.05, 3.63) is 40.8 Å². The Bertz CT molecular complexity index is 806. The van der Waals surface area contributed by atoms with E-state index in [0.29, 0.717) is 18.0 Å². The van der Waals surface area contributed by atoms with Crippen LogP contribution in [-0.4, -0.2) is 25.8 Å². The number of fused-ring (bicyclic) bond motifs is 1. The fourth-order valence-corrected chi connectivity index (χ4v) is 5.99. The van der Waals surface area contributed by atoms with E-state index in [1.165, 1.54) is 11.3 Å². The first kappa shape index (κ1) is 14.7. The van der Waals surface area contributed by atoms with Crippen LogP contribution in [0.15, 0.2) is 40.8 Å². The van der Waals surface area contributed by atoms with Crippen molar-refractivity contribution in [3.63, 3.8) is 0 Å². The molecule has 4 nitrogen and oxygen atoms in total. The molecule has 0 radical (unpaired) electrons. The lowest BCUT2D eigenvalue weighted by Crippen LogP contribution is -2.35. The van der Waals surface area contributed by atoms with Crippen LogP contribution in [0.4, 0.5) is 0 Å². The molecule has 1 aromatic carbocycles. The molecule has 2 N–H and O–H groups in total. The predicted octanol–water partition coefficient (Wildman–Crippen LogP) is 2.70. The van der Waals surface area contributed by atoms with Gasteiger partial charge in [-0.25, -0.2) is 8.42 Å². The molecule has 0 amide bonds. The van der Waals surface area contributed by atoms with Crippen LogP contribution in [0.5, 0.6) is 0 Å². The van der Waals surface area contributed by atoms with Gasteiger partial charge >= 0.3 is 0 Å². The smallest absolute Gasteiger partial charge is 0.245 e. The summed E-state index contributed by atoms with van der Waals surface area (Å²) in [7, 11) is -3.50. The number of hydrogen-bond acceptors (Lipinski definition) is 4. The first-order valence-electron chi connectivity index (χ1n) is 6.90. The SMILES string of the molecule is CC1=CCCN(S(=O)(=O)c2c(CN)sc3ccccc23)C1. The summed E-state index contributed by atoms with van der Waals surface area (Å²) in [6, 6.07) is 7.60. The van der Waals surface area contributed by atoms with Gasteiger partial charge in [0, 0.05) is 34.6 Å². The quantitative estimate of drug-likeness (QED) is 0.884. The van der Waals surface area contributed by atoms with Gasteiger partial charge < -0.3 is 5.73 Å². The Labute approximate surface area is 128 Å². The molecule has 2 heterocycles. The minimum absolute atomic E-state index is 0.247. The van der Waals surface area contributed by atoms with E-state index in [4.69, 9.17) is 5.73 Å². The largest absolute Gasteiger partial charge is 0.326 e. The average molecular weight is 322 g/mol. The fourth-order valence-electron chi connectivity index (χ4n) is 2.70. The van der Waals surface area contributed by atoms with Crippen molar-refractivity contribution in [1.29, 1.82) is 0 Å². The molecule has 1 aromatic heterocycles. The van der Waals surface area contributed by atoms with Gasteiger partial charge in [-0.3, -0.25) is 0 Å². The Morgan fingerprint density at radius 2 is 2.10 bits per heavy atom. The number of sulfonamides is 1. The Morgan fingerprint density at radius 1 is 1.33 bits per heavy atom. The number of thiophene rings is 1. The highest BCUT2D eigenvalue weighted by Gasteiger charge is 2.31. The lowest BCUT2D eigenvalue weighted by molar-refractivity contribution is 0.428. The summed E-state index contributed by atoms with van der Waals surface area (Å²) in [5.74, 6) is 0.